The summed E-state index contributed by atoms with van der Waals surface area (Å²) in [5.74, 6) is 1.09. The minimum absolute atomic E-state index is 0.176. The number of para-hydroxylation sites is 2. The van der Waals surface area contributed by atoms with E-state index in [0.29, 0.717) is 0 Å². The van der Waals surface area contributed by atoms with Gasteiger partial charge >= 0.3 is 0 Å². The minimum Gasteiger partial charge on any atom is -0.331 e. The summed E-state index contributed by atoms with van der Waals surface area (Å²) in [7, 11) is 2.08. The summed E-state index contributed by atoms with van der Waals surface area (Å²) in [6, 6.07) is 8.44. The Labute approximate surface area is 120 Å². The number of fused-ring (bicyclic) bond motifs is 1. The van der Waals surface area contributed by atoms with Crippen LogP contribution in [0.25, 0.3) is 11.0 Å². The lowest BCUT2D eigenvalue weighted by Gasteiger charge is -2.17. The Morgan fingerprint density at radius 2 is 2.10 bits per heavy atom. The van der Waals surface area contributed by atoms with Crippen LogP contribution in [-0.4, -0.2) is 15.6 Å². The quantitative estimate of drug-likeness (QED) is 0.865. The lowest BCUT2D eigenvalue weighted by Crippen LogP contribution is -2.25. The summed E-state index contributed by atoms with van der Waals surface area (Å²) in [6.45, 7) is 0. The number of allylic oxidation sites excluding steroid dienone is 1. The third-order valence-electron chi connectivity index (χ3n) is 4.23. The predicted molar refractivity (Wildman–Crippen MR) is 83.6 cm³/mol. The van der Waals surface area contributed by atoms with Crippen molar-refractivity contribution in [3.05, 3.63) is 41.7 Å². The van der Waals surface area contributed by atoms with E-state index in [4.69, 9.17) is 10.7 Å². The molecule has 106 valence electrons. The highest BCUT2D eigenvalue weighted by atomic mass is 15.1. The molecule has 1 unspecified atom stereocenters. The summed E-state index contributed by atoms with van der Waals surface area (Å²) >= 11 is 0. The molecule has 0 aliphatic heterocycles. The first-order chi connectivity index (χ1) is 9.74. The zero-order valence-corrected chi connectivity index (χ0v) is 12.2. The molecule has 0 saturated carbocycles. The van der Waals surface area contributed by atoms with Crippen LogP contribution in [0.3, 0.4) is 0 Å². The number of hydrogen-bond donors (Lipinski definition) is 1. The first-order valence-corrected chi connectivity index (χ1v) is 7.58. The third kappa shape index (κ3) is 2.78. The Morgan fingerprint density at radius 1 is 1.25 bits per heavy atom. The van der Waals surface area contributed by atoms with E-state index in [9.17, 15) is 0 Å². The maximum absolute atomic E-state index is 6.33. The Kier molecular flexibility index (Phi) is 3.88. The van der Waals surface area contributed by atoms with Crippen molar-refractivity contribution >= 4 is 11.0 Å². The molecule has 2 aromatic rings. The Balaban J connectivity index is 1.72. The average molecular weight is 269 g/mol. The Bertz CT molecular complexity index is 624. The SMILES string of the molecule is Cn1c(CC(N)CC2=CCCCC2)nc2ccccc21. The van der Waals surface area contributed by atoms with Crippen LogP contribution in [0.1, 0.15) is 37.9 Å². The van der Waals surface area contributed by atoms with Gasteiger partial charge in [0.1, 0.15) is 5.82 Å². The Hall–Kier alpha value is -1.61. The van der Waals surface area contributed by atoms with Gasteiger partial charge in [-0.15, -0.1) is 0 Å². The van der Waals surface area contributed by atoms with Crippen molar-refractivity contribution in [1.29, 1.82) is 0 Å². The van der Waals surface area contributed by atoms with Gasteiger partial charge in [-0.25, -0.2) is 4.98 Å². The molecular weight excluding hydrogens is 246 g/mol. The van der Waals surface area contributed by atoms with Gasteiger partial charge in [-0.1, -0.05) is 23.8 Å². The van der Waals surface area contributed by atoms with E-state index in [1.165, 1.54) is 31.2 Å². The minimum atomic E-state index is 0.176. The number of imidazole rings is 1. The number of aromatic nitrogens is 2. The van der Waals surface area contributed by atoms with Gasteiger partial charge in [-0.3, -0.25) is 0 Å². The zero-order valence-electron chi connectivity index (χ0n) is 12.2. The first-order valence-electron chi connectivity index (χ1n) is 7.58. The number of aryl methyl sites for hydroxylation is 1. The fourth-order valence-corrected chi connectivity index (χ4v) is 3.11. The van der Waals surface area contributed by atoms with E-state index >= 15 is 0 Å². The van der Waals surface area contributed by atoms with Crippen LogP contribution in [-0.2, 0) is 13.5 Å². The smallest absolute Gasteiger partial charge is 0.111 e. The first kappa shape index (κ1) is 13.4. The molecule has 0 spiro atoms. The maximum atomic E-state index is 6.33. The van der Waals surface area contributed by atoms with Crippen LogP contribution in [0.5, 0.6) is 0 Å². The van der Waals surface area contributed by atoms with Gasteiger partial charge in [0.15, 0.2) is 0 Å². The van der Waals surface area contributed by atoms with Crippen molar-refractivity contribution in [2.45, 2.75) is 44.6 Å². The Morgan fingerprint density at radius 3 is 2.85 bits per heavy atom. The second-order valence-corrected chi connectivity index (χ2v) is 5.85. The summed E-state index contributed by atoms with van der Waals surface area (Å²) in [6.07, 6.45) is 9.38. The molecule has 1 aromatic carbocycles. The highest BCUT2D eigenvalue weighted by Gasteiger charge is 2.14. The van der Waals surface area contributed by atoms with Crippen LogP contribution in [0.2, 0.25) is 0 Å². The van der Waals surface area contributed by atoms with Crippen molar-refractivity contribution in [1.82, 2.24) is 9.55 Å². The molecule has 0 saturated heterocycles. The van der Waals surface area contributed by atoms with Gasteiger partial charge in [0, 0.05) is 19.5 Å². The third-order valence-corrected chi connectivity index (χ3v) is 4.23. The van der Waals surface area contributed by atoms with Crippen molar-refractivity contribution in [3.63, 3.8) is 0 Å². The van der Waals surface area contributed by atoms with Crippen molar-refractivity contribution in [2.24, 2.45) is 12.8 Å². The molecule has 1 heterocycles. The topological polar surface area (TPSA) is 43.8 Å². The molecule has 1 aromatic heterocycles. The molecule has 0 radical (unpaired) electrons. The standard InChI is InChI=1S/C17H23N3/c1-20-16-10-6-5-9-15(16)19-17(20)12-14(18)11-13-7-3-2-4-8-13/h5-7,9-10,14H,2-4,8,11-12,18H2,1H3. The van der Waals surface area contributed by atoms with Gasteiger partial charge in [0.05, 0.1) is 11.0 Å². The van der Waals surface area contributed by atoms with Gasteiger partial charge in [0.25, 0.3) is 0 Å². The maximum Gasteiger partial charge on any atom is 0.111 e. The summed E-state index contributed by atoms with van der Waals surface area (Å²) in [5, 5.41) is 0. The fourth-order valence-electron chi connectivity index (χ4n) is 3.11. The van der Waals surface area contributed by atoms with E-state index < -0.39 is 0 Å². The number of nitrogens with two attached hydrogens (primary N) is 1. The molecule has 20 heavy (non-hydrogen) atoms. The molecule has 1 aliphatic rings. The highest BCUT2D eigenvalue weighted by Crippen LogP contribution is 2.22. The summed E-state index contributed by atoms with van der Waals surface area (Å²) in [5.41, 5.74) is 10.1. The molecule has 1 atom stereocenters. The number of nitrogens with zero attached hydrogens (tertiary/aromatic N) is 2. The van der Waals surface area contributed by atoms with Crippen molar-refractivity contribution < 1.29 is 0 Å². The molecule has 0 amide bonds. The molecule has 1 aliphatic carbocycles. The molecule has 0 bridgehead atoms. The van der Waals surface area contributed by atoms with Gasteiger partial charge < -0.3 is 10.3 Å². The monoisotopic (exact) mass is 269 g/mol. The molecule has 3 rings (SSSR count). The van der Waals surface area contributed by atoms with Gasteiger partial charge in [-0.2, -0.15) is 0 Å². The number of hydrogen-bond acceptors (Lipinski definition) is 2. The molecular formula is C17H23N3. The normalized spacial score (nSPS) is 17.2. The summed E-state index contributed by atoms with van der Waals surface area (Å²) < 4.78 is 2.17. The van der Waals surface area contributed by atoms with E-state index in [1.54, 1.807) is 5.57 Å². The van der Waals surface area contributed by atoms with E-state index in [2.05, 4.69) is 35.9 Å². The van der Waals surface area contributed by atoms with Gasteiger partial charge in [0.2, 0.25) is 0 Å². The van der Waals surface area contributed by atoms with E-state index in [0.717, 1.165) is 24.2 Å². The molecule has 2 N–H and O–H groups in total. The lowest BCUT2D eigenvalue weighted by atomic mass is 9.93. The lowest BCUT2D eigenvalue weighted by molar-refractivity contribution is 0.587. The number of benzene rings is 1. The summed E-state index contributed by atoms with van der Waals surface area (Å²) in [4.78, 5) is 4.71. The largest absolute Gasteiger partial charge is 0.331 e. The molecule has 3 nitrogen and oxygen atoms in total. The van der Waals surface area contributed by atoms with Crippen LogP contribution in [0.15, 0.2) is 35.9 Å². The van der Waals surface area contributed by atoms with Crippen LogP contribution < -0.4 is 5.73 Å². The zero-order chi connectivity index (χ0) is 13.9. The molecule has 0 fully saturated rings. The number of rotatable bonds is 4. The van der Waals surface area contributed by atoms with Gasteiger partial charge in [-0.05, 0) is 44.2 Å². The van der Waals surface area contributed by atoms with Crippen molar-refractivity contribution in [2.75, 3.05) is 0 Å². The second-order valence-electron chi connectivity index (χ2n) is 5.85. The van der Waals surface area contributed by atoms with Crippen LogP contribution >= 0.6 is 0 Å². The fraction of sp³-hybridized carbons (Fsp3) is 0.471. The van der Waals surface area contributed by atoms with Crippen LogP contribution in [0.4, 0.5) is 0 Å². The average Bonchev–Trinajstić information content (AvgIpc) is 2.77. The van der Waals surface area contributed by atoms with E-state index in [-0.39, 0.29) is 6.04 Å². The van der Waals surface area contributed by atoms with E-state index in [1.807, 2.05) is 6.07 Å². The highest BCUT2D eigenvalue weighted by molar-refractivity contribution is 5.75. The predicted octanol–water partition coefficient (Wildman–Crippen LogP) is 3.33. The van der Waals surface area contributed by atoms with Crippen LogP contribution in [0, 0.1) is 0 Å². The molecule has 3 heteroatoms. The second kappa shape index (κ2) is 5.80. The van der Waals surface area contributed by atoms with Crippen molar-refractivity contribution in [3.8, 4) is 0 Å².